The van der Waals surface area contributed by atoms with Gasteiger partial charge in [-0.25, -0.2) is 13.4 Å². The third-order valence-electron chi connectivity index (χ3n) is 3.46. The average molecular weight is 383 g/mol. The number of hydrogen-bond acceptors (Lipinski definition) is 6. The number of thiophene rings is 1. The molecule has 9 heteroatoms. The van der Waals surface area contributed by atoms with Gasteiger partial charge in [-0.15, -0.1) is 11.3 Å². The lowest BCUT2D eigenvalue weighted by Gasteiger charge is -2.21. The monoisotopic (exact) mass is 382 g/mol. The van der Waals surface area contributed by atoms with E-state index in [4.69, 9.17) is 0 Å². The highest BCUT2D eigenvalue weighted by Crippen LogP contribution is 2.18. The van der Waals surface area contributed by atoms with Gasteiger partial charge in [-0.1, -0.05) is 19.9 Å². The second-order valence-electron chi connectivity index (χ2n) is 6.06. The van der Waals surface area contributed by atoms with Gasteiger partial charge in [0.25, 0.3) is 10.0 Å². The lowest BCUT2D eigenvalue weighted by molar-refractivity contribution is -0.118. The van der Waals surface area contributed by atoms with E-state index in [0.717, 1.165) is 17.2 Å². The van der Waals surface area contributed by atoms with Crippen LogP contribution >= 0.6 is 11.3 Å². The molecule has 2 aromatic heterocycles. The van der Waals surface area contributed by atoms with Crippen molar-refractivity contribution >= 4 is 38.8 Å². The van der Waals surface area contributed by atoms with E-state index in [1.54, 1.807) is 43.6 Å². The molecule has 0 spiro atoms. The predicted molar refractivity (Wildman–Crippen MR) is 100 cm³/mol. The van der Waals surface area contributed by atoms with E-state index < -0.39 is 22.0 Å². The van der Waals surface area contributed by atoms with E-state index in [1.807, 2.05) is 19.0 Å². The standard InChI is InChI=1S/C16H22N4O3S2/c1-11(2)15(19-25(22,23)14-6-5-9-24-14)16(21)18-12-7-8-13(17-10-12)20(3)4/h5-11,15,19H,1-4H3,(H,18,21). The fraction of sp³-hybridized carbons (Fsp3) is 0.375. The minimum Gasteiger partial charge on any atom is -0.363 e. The maximum atomic E-state index is 12.5. The van der Waals surface area contributed by atoms with Crippen LogP contribution in [0, 0.1) is 5.92 Å². The molecule has 136 valence electrons. The molecule has 2 aromatic rings. The van der Waals surface area contributed by atoms with E-state index in [9.17, 15) is 13.2 Å². The Morgan fingerprint density at radius 1 is 1.24 bits per heavy atom. The Morgan fingerprint density at radius 3 is 2.44 bits per heavy atom. The molecule has 0 bridgehead atoms. The summed E-state index contributed by atoms with van der Waals surface area (Å²) in [5, 5.41) is 4.39. The van der Waals surface area contributed by atoms with Crippen LogP contribution in [0.4, 0.5) is 11.5 Å². The van der Waals surface area contributed by atoms with E-state index in [2.05, 4.69) is 15.0 Å². The van der Waals surface area contributed by atoms with Crippen molar-refractivity contribution in [1.82, 2.24) is 9.71 Å². The van der Waals surface area contributed by atoms with Gasteiger partial charge < -0.3 is 10.2 Å². The van der Waals surface area contributed by atoms with Crippen LogP contribution in [-0.2, 0) is 14.8 Å². The Bertz CT molecular complexity index is 800. The normalized spacial score (nSPS) is 12.8. The fourth-order valence-corrected chi connectivity index (χ4v) is 4.43. The van der Waals surface area contributed by atoms with Crippen LogP contribution in [0.15, 0.2) is 40.1 Å². The summed E-state index contributed by atoms with van der Waals surface area (Å²) in [4.78, 5) is 18.6. The number of nitrogens with one attached hydrogen (secondary N) is 2. The number of aromatic nitrogens is 1. The first-order valence-electron chi connectivity index (χ1n) is 7.71. The van der Waals surface area contributed by atoms with Crippen LogP contribution in [-0.4, -0.2) is 39.4 Å². The van der Waals surface area contributed by atoms with Crippen LogP contribution in [0.3, 0.4) is 0 Å². The molecule has 2 heterocycles. The van der Waals surface area contributed by atoms with Crippen molar-refractivity contribution in [2.45, 2.75) is 24.1 Å². The number of anilines is 2. The van der Waals surface area contributed by atoms with Crippen molar-refractivity contribution in [2.24, 2.45) is 5.92 Å². The Labute approximate surface area is 152 Å². The second-order valence-corrected chi connectivity index (χ2v) is 8.95. The third kappa shape index (κ3) is 5.00. The molecule has 0 aliphatic rings. The minimum atomic E-state index is -3.73. The molecule has 25 heavy (non-hydrogen) atoms. The van der Waals surface area contributed by atoms with Crippen molar-refractivity contribution in [3.63, 3.8) is 0 Å². The molecule has 0 aliphatic heterocycles. The summed E-state index contributed by atoms with van der Waals surface area (Å²) in [5.41, 5.74) is 0.511. The van der Waals surface area contributed by atoms with Crippen molar-refractivity contribution in [3.8, 4) is 0 Å². The number of carbonyl (C=O) groups excluding carboxylic acids is 1. The molecule has 2 rings (SSSR count). The molecule has 0 aliphatic carbocycles. The van der Waals surface area contributed by atoms with Crippen molar-refractivity contribution < 1.29 is 13.2 Å². The van der Waals surface area contributed by atoms with Gasteiger partial charge in [0.15, 0.2) is 0 Å². The Hall–Kier alpha value is -1.97. The van der Waals surface area contributed by atoms with Crippen LogP contribution in [0.5, 0.6) is 0 Å². The zero-order valence-corrected chi connectivity index (χ0v) is 16.2. The quantitative estimate of drug-likeness (QED) is 0.766. The zero-order chi connectivity index (χ0) is 18.6. The van der Waals surface area contributed by atoms with Crippen LogP contribution in [0.2, 0.25) is 0 Å². The summed E-state index contributed by atoms with van der Waals surface area (Å²) in [7, 11) is 0.00851. The first-order chi connectivity index (χ1) is 11.7. The fourth-order valence-electron chi connectivity index (χ4n) is 2.08. The molecule has 7 nitrogen and oxygen atoms in total. The number of rotatable bonds is 7. The topological polar surface area (TPSA) is 91.4 Å². The smallest absolute Gasteiger partial charge is 0.250 e. The lowest BCUT2D eigenvalue weighted by Crippen LogP contribution is -2.46. The summed E-state index contributed by atoms with van der Waals surface area (Å²) in [5.74, 6) is 0.120. The molecule has 0 saturated heterocycles. The largest absolute Gasteiger partial charge is 0.363 e. The molecule has 1 amide bonds. The van der Waals surface area contributed by atoms with Gasteiger partial charge in [-0.2, -0.15) is 4.72 Å². The summed E-state index contributed by atoms with van der Waals surface area (Å²) >= 11 is 1.11. The van der Waals surface area contributed by atoms with Crippen LogP contribution in [0.25, 0.3) is 0 Å². The van der Waals surface area contributed by atoms with Crippen molar-refractivity contribution in [2.75, 3.05) is 24.3 Å². The lowest BCUT2D eigenvalue weighted by atomic mass is 10.1. The molecule has 0 saturated carbocycles. The molecule has 0 aromatic carbocycles. The van der Waals surface area contributed by atoms with Gasteiger partial charge in [-0.3, -0.25) is 4.79 Å². The average Bonchev–Trinajstić information content (AvgIpc) is 3.08. The van der Waals surface area contributed by atoms with Gasteiger partial charge in [0.1, 0.15) is 16.1 Å². The first kappa shape index (κ1) is 19.4. The number of pyridine rings is 1. The highest BCUT2D eigenvalue weighted by Gasteiger charge is 2.29. The number of nitrogens with zero attached hydrogens (tertiary/aromatic N) is 2. The van der Waals surface area contributed by atoms with E-state index in [0.29, 0.717) is 5.69 Å². The molecular weight excluding hydrogens is 360 g/mol. The number of amides is 1. The Kier molecular flexibility index (Phi) is 6.15. The second kappa shape index (κ2) is 7.94. The predicted octanol–water partition coefficient (Wildman–Crippen LogP) is 2.15. The van der Waals surface area contributed by atoms with Crippen LogP contribution in [0.1, 0.15) is 13.8 Å². The number of carbonyl (C=O) groups is 1. The Morgan fingerprint density at radius 2 is 1.96 bits per heavy atom. The molecule has 1 atom stereocenters. The zero-order valence-electron chi connectivity index (χ0n) is 14.6. The number of hydrogen-bond donors (Lipinski definition) is 2. The van der Waals surface area contributed by atoms with E-state index >= 15 is 0 Å². The summed E-state index contributed by atoms with van der Waals surface area (Å²) in [6.07, 6.45) is 1.54. The third-order valence-corrected chi connectivity index (χ3v) is 6.30. The van der Waals surface area contributed by atoms with Crippen molar-refractivity contribution in [1.29, 1.82) is 0 Å². The SMILES string of the molecule is CC(C)C(NS(=O)(=O)c1cccs1)C(=O)Nc1ccc(N(C)C)nc1. The van der Waals surface area contributed by atoms with Gasteiger partial charge in [-0.05, 0) is 29.5 Å². The van der Waals surface area contributed by atoms with Crippen molar-refractivity contribution in [3.05, 3.63) is 35.8 Å². The molecule has 2 N–H and O–H groups in total. The first-order valence-corrected chi connectivity index (χ1v) is 10.1. The number of sulfonamides is 1. The van der Waals surface area contributed by atoms with E-state index in [1.165, 1.54) is 6.07 Å². The van der Waals surface area contributed by atoms with Gasteiger partial charge >= 0.3 is 0 Å². The van der Waals surface area contributed by atoms with Gasteiger partial charge in [0.2, 0.25) is 5.91 Å². The summed E-state index contributed by atoms with van der Waals surface area (Å²) in [6, 6.07) is 5.77. The van der Waals surface area contributed by atoms with E-state index in [-0.39, 0.29) is 10.1 Å². The maximum absolute atomic E-state index is 12.5. The maximum Gasteiger partial charge on any atom is 0.250 e. The molecule has 1 unspecified atom stereocenters. The molecule has 0 radical (unpaired) electrons. The molecule has 0 fully saturated rings. The van der Waals surface area contributed by atoms with Gasteiger partial charge in [0.05, 0.1) is 11.9 Å². The highest BCUT2D eigenvalue weighted by molar-refractivity contribution is 7.91. The van der Waals surface area contributed by atoms with Gasteiger partial charge in [0, 0.05) is 14.1 Å². The molecular formula is C16H22N4O3S2. The highest BCUT2D eigenvalue weighted by atomic mass is 32.2. The summed E-state index contributed by atoms with van der Waals surface area (Å²) in [6.45, 7) is 3.57. The minimum absolute atomic E-state index is 0.183. The van der Waals surface area contributed by atoms with Crippen LogP contribution < -0.4 is 14.9 Å². The Balaban J connectivity index is 2.13. The summed E-state index contributed by atoms with van der Waals surface area (Å²) < 4.78 is 27.4.